The lowest BCUT2D eigenvalue weighted by atomic mass is 9.81. The molecule has 164 valence electrons. The van der Waals surface area contributed by atoms with Crippen molar-refractivity contribution >= 4 is 19.0 Å². The van der Waals surface area contributed by atoms with Gasteiger partial charge in [0.1, 0.15) is 28.7 Å². The summed E-state index contributed by atoms with van der Waals surface area (Å²) in [6.07, 6.45) is 2.90. The molecule has 2 heterocycles. The van der Waals surface area contributed by atoms with Crippen molar-refractivity contribution in [3.8, 4) is 11.5 Å². The van der Waals surface area contributed by atoms with E-state index in [4.69, 9.17) is 10.5 Å². The quantitative estimate of drug-likeness (QED) is 0.319. The Bertz CT molecular complexity index is 1000. The standard InChI is InChI=1S/C19H23BN4O7/c1-19(21,14-5-22-8-23-14)18(28)24-6-9(7-24)31-13-3-2-10(11-4-12(11)20(29)30)16(25)15(13)17(26)27/h2-3,5,8-9,11-12,25,29-30H,4,6-7,21H2,1H3,(H,22,23)(H,26,27)/t11-,12-,19+/m1/s1. The predicted molar refractivity (Wildman–Crippen MR) is 107 cm³/mol. The van der Waals surface area contributed by atoms with Gasteiger partial charge < -0.3 is 40.6 Å². The third kappa shape index (κ3) is 3.73. The second-order valence-electron chi connectivity index (χ2n) is 8.22. The van der Waals surface area contributed by atoms with Crippen molar-refractivity contribution in [3.05, 3.63) is 41.5 Å². The summed E-state index contributed by atoms with van der Waals surface area (Å²) in [5.41, 5.74) is 5.29. The molecule has 1 aliphatic carbocycles. The van der Waals surface area contributed by atoms with Crippen LogP contribution in [0.15, 0.2) is 24.7 Å². The fourth-order valence-corrected chi connectivity index (χ4v) is 3.94. The number of ether oxygens (including phenoxy) is 1. The molecule has 4 rings (SSSR count). The summed E-state index contributed by atoms with van der Waals surface area (Å²) in [6.45, 7) is 2.00. The van der Waals surface area contributed by atoms with Gasteiger partial charge in [-0.3, -0.25) is 4.79 Å². The summed E-state index contributed by atoms with van der Waals surface area (Å²) in [4.78, 5) is 32.7. The van der Waals surface area contributed by atoms with Gasteiger partial charge in [-0.25, -0.2) is 9.78 Å². The highest BCUT2D eigenvalue weighted by atomic mass is 16.5. The van der Waals surface area contributed by atoms with Crippen LogP contribution < -0.4 is 10.5 Å². The first-order valence-corrected chi connectivity index (χ1v) is 9.80. The van der Waals surface area contributed by atoms with Crippen molar-refractivity contribution in [1.29, 1.82) is 0 Å². The third-order valence-corrected chi connectivity index (χ3v) is 5.94. The second kappa shape index (κ2) is 7.55. The lowest BCUT2D eigenvalue weighted by Crippen LogP contribution is -2.62. The van der Waals surface area contributed by atoms with Gasteiger partial charge in [0.15, 0.2) is 0 Å². The monoisotopic (exact) mass is 430 g/mol. The Balaban J connectivity index is 1.44. The molecule has 2 aromatic rings. The highest BCUT2D eigenvalue weighted by molar-refractivity contribution is 6.44. The van der Waals surface area contributed by atoms with Crippen LogP contribution in [0, 0.1) is 0 Å². The van der Waals surface area contributed by atoms with Crippen LogP contribution in [0.25, 0.3) is 0 Å². The first-order valence-electron chi connectivity index (χ1n) is 9.80. The van der Waals surface area contributed by atoms with Crippen LogP contribution in [-0.2, 0) is 10.3 Å². The molecule has 0 radical (unpaired) electrons. The van der Waals surface area contributed by atoms with E-state index >= 15 is 0 Å². The van der Waals surface area contributed by atoms with E-state index in [0.717, 1.165) is 0 Å². The maximum Gasteiger partial charge on any atom is 0.455 e. The smallest absolute Gasteiger partial charge is 0.455 e. The number of benzene rings is 1. The number of carbonyl (C=O) groups excluding carboxylic acids is 1. The number of aromatic amines is 1. The van der Waals surface area contributed by atoms with Gasteiger partial charge >= 0.3 is 13.1 Å². The van der Waals surface area contributed by atoms with E-state index in [-0.39, 0.29) is 36.2 Å². The van der Waals surface area contributed by atoms with Crippen LogP contribution in [0.4, 0.5) is 0 Å². The Hall–Kier alpha value is -3.09. The number of nitrogens with two attached hydrogens (primary N) is 1. The average Bonchev–Trinajstić information content (AvgIpc) is 3.26. The molecule has 2 fully saturated rings. The van der Waals surface area contributed by atoms with E-state index in [1.807, 2.05) is 0 Å². The number of imidazole rings is 1. The largest absolute Gasteiger partial charge is 0.507 e. The van der Waals surface area contributed by atoms with Crippen molar-refractivity contribution in [3.63, 3.8) is 0 Å². The molecule has 1 aliphatic heterocycles. The van der Waals surface area contributed by atoms with E-state index in [0.29, 0.717) is 17.7 Å². The summed E-state index contributed by atoms with van der Waals surface area (Å²) in [5, 5.41) is 38.6. The minimum atomic E-state index is -1.53. The summed E-state index contributed by atoms with van der Waals surface area (Å²) in [6, 6.07) is 2.97. The SMILES string of the molecule is C[C@@](N)(C(=O)N1CC(Oc2ccc([C@H]3C[C@H]3B(O)O)c(O)c2C(=O)O)C1)c1cnc[nH]1. The van der Waals surface area contributed by atoms with Crippen LogP contribution in [0.5, 0.6) is 11.5 Å². The molecule has 2 aliphatic rings. The Kier molecular flexibility index (Phi) is 5.16. The number of aromatic hydroxyl groups is 1. The molecular weight excluding hydrogens is 407 g/mol. The van der Waals surface area contributed by atoms with Crippen LogP contribution in [0.1, 0.15) is 40.9 Å². The number of amides is 1. The highest BCUT2D eigenvalue weighted by Gasteiger charge is 2.48. The van der Waals surface area contributed by atoms with E-state index < -0.39 is 36.3 Å². The summed E-state index contributed by atoms with van der Waals surface area (Å²) in [5.74, 6) is -2.91. The van der Waals surface area contributed by atoms with Gasteiger partial charge in [0.2, 0.25) is 5.91 Å². The molecule has 0 bridgehead atoms. The molecule has 0 spiro atoms. The maximum atomic E-state index is 12.7. The molecule has 0 unspecified atom stereocenters. The number of aromatic nitrogens is 2. The van der Waals surface area contributed by atoms with Crippen LogP contribution >= 0.6 is 0 Å². The Labute approximate surface area is 177 Å². The Morgan fingerprint density at radius 3 is 2.61 bits per heavy atom. The van der Waals surface area contributed by atoms with Gasteiger partial charge in [0, 0.05) is 5.82 Å². The number of nitrogens with zero attached hydrogens (tertiary/aromatic N) is 2. The number of carboxylic acid groups (broad SMARTS) is 1. The molecule has 1 saturated heterocycles. The minimum absolute atomic E-state index is 0.0170. The van der Waals surface area contributed by atoms with Gasteiger partial charge in [-0.15, -0.1) is 0 Å². The van der Waals surface area contributed by atoms with Crippen LogP contribution in [0.3, 0.4) is 0 Å². The maximum absolute atomic E-state index is 12.7. The minimum Gasteiger partial charge on any atom is -0.507 e. The average molecular weight is 430 g/mol. The summed E-state index contributed by atoms with van der Waals surface area (Å²) < 4.78 is 5.74. The number of hydrogen-bond donors (Lipinski definition) is 6. The molecular formula is C19H23BN4O7. The Morgan fingerprint density at radius 1 is 1.35 bits per heavy atom. The Morgan fingerprint density at radius 2 is 2.06 bits per heavy atom. The molecule has 11 nitrogen and oxygen atoms in total. The fraction of sp³-hybridized carbons (Fsp3) is 0.421. The van der Waals surface area contributed by atoms with Crippen molar-refractivity contribution in [2.45, 2.75) is 36.7 Å². The van der Waals surface area contributed by atoms with Gasteiger partial charge in [0.25, 0.3) is 0 Å². The van der Waals surface area contributed by atoms with E-state index in [1.54, 1.807) is 6.92 Å². The normalized spacial score (nSPS) is 22.4. The van der Waals surface area contributed by atoms with E-state index in [1.165, 1.54) is 29.6 Å². The van der Waals surface area contributed by atoms with E-state index in [9.17, 15) is 29.9 Å². The number of carbonyl (C=O) groups is 2. The summed E-state index contributed by atoms with van der Waals surface area (Å²) in [7, 11) is -1.53. The van der Waals surface area contributed by atoms with Crippen LogP contribution in [0.2, 0.25) is 5.82 Å². The second-order valence-corrected chi connectivity index (χ2v) is 8.22. The van der Waals surface area contributed by atoms with Crippen molar-refractivity contribution < 1.29 is 34.6 Å². The van der Waals surface area contributed by atoms with Crippen molar-refractivity contribution in [2.75, 3.05) is 13.1 Å². The zero-order valence-corrected chi connectivity index (χ0v) is 16.7. The molecule has 1 saturated carbocycles. The number of H-pyrrole nitrogens is 1. The van der Waals surface area contributed by atoms with Crippen molar-refractivity contribution in [2.24, 2.45) is 5.73 Å². The lowest BCUT2D eigenvalue weighted by Gasteiger charge is -2.42. The number of aromatic carboxylic acids is 1. The number of nitrogens with one attached hydrogen (secondary N) is 1. The lowest BCUT2D eigenvalue weighted by molar-refractivity contribution is -0.145. The predicted octanol–water partition coefficient (Wildman–Crippen LogP) is -0.392. The van der Waals surface area contributed by atoms with Crippen LogP contribution in [-0.4, -0.2) is 73.3 Å². The van der Waals surface area contributed by atoms with E-state index in [2.05, 4.69) is 9.97 Å². The van der Waals surface area contributed by atoms with Gasteiger partial charge in [-0.1, -0.05) is 6.07 Å². The van der Waals surface area contributed by atoms with Crippen molar-refractivity contribution in [1.82, 2.24) is 14.9 Å². The highest BCUT2D eigenvalue weighted by Crippen LogP contribution is 2.56. The first kappa shape index (κ1) is 21.2. The molecule has 1 aromatic carbocycles. The molecule has 3 atom stereocenters. The van der Waals surface area contributed by atoms with Gasteiger partial charge in [0.05, 0.1) is 31.3 Å². The third-order valence-electron chi connectivity index (χ3n) is 5.94. The molecule has 1 amide bonds. The zero-order chi connectivity index (χ0) is 22.5. The number of hydrogen-bond acceptors (Lipinski definition) is 8. The molecule has 7 N–H and O–H groups in total. The number of carboxylic acids is 1. The topological polar surface area (TPSA) is 182 Å². The molecule has 1 aromatic heterocycles. The first-order chi connectivity index (χ1) is 14.6. The van der Waals surface area contributed by atoms with Gasteiger partial charge in [-0.05, 0) is 30.9 Å². The number of rotatable bonds is 7. The zero-order valence-electron chi connectivity index (χ0n) is 16.7. The molecule has 12 heteroatoms. The number of likely N-dealkylation sites (tertiary alicyclic amines) is 1. The fourth-order valence-electron chi connectivity index (χ4n) is 3.94. The summed E-state index contributed by atoms with van der Waals surface area (Å²) >= 11 is 0. The number of phenols is 1. The molecule has 31 heavy (non-hydrogen) atoms. The van der Waals surface area contributed by atoms with Gasteiger partial charge in [-0.2, -0.15) is 0 Å².